The third-order valence-corrected chi connectivity index (χ3v) is 2.15. The van der Waals surface area contributed by atoms with Crippen LogP contribution in [0, 0.1) is 0 Å². The van der Waals surface area contributed by atoms with Gasteiger partial charge in [-0.05, 0) is 19.1 Å². The van der Waals surface area contributed by atoms with Gasteiger partial charge in [0, 0.05) is 18.9 Å². The number of carbonyl (C=O) groups is 1. The van der Waals surface area contributed by atoms with Crippen LogP contribution < -0.4 is 5.73 Å². The van der Waals surface area contributed by atoms with Crippen molar-refractivity contribution >= 4 is 18.4 Å². The van der Waals surface area contributed by atoms with Crippen LogP contribution in [0.5, 0.6) is 0 Å². The molecule has 1 heterocycles. The summed E-state index contributed by atoms with van der Waals surface area (Å²) in [5.74, 6) is -0.911. The monoisotopic (exact) mass is 250 g/mol. The Labute approximate surface area is 100.0 Å². The van der Waals surface area contributed by atoms with E-state index in [-0.39, 0.29) is 19.0 Å². The number of rotatable bonds is 4. The molecular formula is C10H16ClFN2O2. The van der Waals surface area contributed by atoms with Crippen molar-refractivity contribution < 1.29 is 13.9 Å². The molecule has 1 aromatic rings. The highest BCUT2D eigenvalue weighted by atomic mass is 35.5. The summed E-state index contributed by atoms with van der Waals surface area (Å²) in [7, 11) is 1.74. The lowest BCUT2D eigenvalue weighted by Gasteiger charge is -2.16. The Kier molecular flexibility index (Phi) is 6.06. The van der Waals surface area contributed by atoms with Crippen LogP contribution >= 0.6 is 12.4 Å². The average molecular weight is 251 g/mol. The molecule has 0 saturated carbocycles. The minimum absolute atomic E-state index is 0. The number of esters is 1. The SMILES string of the molecule is CCOC(=O)C(F)[C@@H](N)c1cccn1C.Cl. The molecule has 4 nitrogen and oxygen atoms in total. The number of ether oxygens (including phenoxy) is 1. The smallest absolute Gasteiger partial charge is 0.342 e. The molecular weight excluding hydrogens is 235 g/mol. The van der Waals surface area contributed by atoms with E-state index in [1.54, 1.807) is 36.9 Å². The highest BCUT2D eigenvalue weighted by molar-refractivity contribution is 5.85. The zero-order valence-electron chi connectivity index (χ0n) is 9.22. The molecule has 2 atom stereocenters. The maximum absolute atomic E-state index is 13.5. The van der Waals surface area contributed by atoms with Crippen LogP contribution in [-0.4, -0.2) is 23.3 Å². The lowest BCUT2D eigenvalue weighted by molar-refractivity contribution is -0.150. The minimum Gasteiger partial charge on any atom is -0.464 e. The largest absolute Gasteiger partial charge is 0.464 e. The topological polar surface area (TPSA) is 57.2 Å². The van der Waals surface area contributed by atoms with Crippen molar-refractivity contribution in [2.24, 2.45) is 12.8 Å². The van der Waals surface area contributed by atoms with Gasteiger partial charge in [0.15, 0.2) is 0 Å². The third-order valence-electron chi connectivity index (χ3n) is 2.15. The summed E-state index contributed by atoms with van der Waals surface area (Å²) < 4.78 is 19.7. The van der Waals surface area contributed by atoms with Crippen LogP contribution in [0.3, 0.4) is 0 Å². The van der Waals surface area contributed by atoms with E-state index in [1.807, 2.05) is 0 Å². The average Bonchev–Trinajstić information content (AvgIpc) is 2.62. The van der Waals surface area contributed by atoms with Gasteiger partial charge in [-0.1, -0.05) is 0 Å². The van der Waals surface area contributed by atoms with Crippen LogP contribution in [0.4, 0.5) is 4.39 Å². The lowest BCUT2D eigenvalue weighted by atomic mass is 10.1. The molecule has 0 radical (unpaired) electrons. The van der Waals surface area contributed by atoms with Gasteiger partial charge in [-0.15, -0.1) is 12.4 Å². The summed E-state index contributed by atoms with van der Waals surface area (Å²) in [5.41, 5.74) is 6.18. The summed E-state index contributed by atoms with van der Waals surface area (Å²) in [6.07, 6.45) is -0.0777. The summed E-state index contributed by atoms with van der Waals surface area (Å²) in [6.45, 7) is 1.78. The Hall–Kier alpha value is -1.07. The first-order chi connectivity index (χ1) is 7.07. The molecule has 2 N–H and O–H groups in total. The molecule has 1 aromatic heterocycles. The molecule has 0 aliphatic carbocycles. The number of nitrogens with zero attached hydrogens (tertiary/aromatic N) is 1. The van der Waals surface area contributed by atoms with Crippen molar-refractivity contribution in [2.45, 2.75) is 19.1 Å². The predicted octanol–water partition coefficient (Wildman–Crippen LogP) is 1.35. The Balaban J connectivity index is 0.00000225. The number of carbonyl (C=O) groups excluding carboxylic acids is 1. The fraction of sp³-hybridized carbons (Fsp3) is 0.500. The molecule has 0 aromatic carbocycles. The van der Waals surface area contributed by atoms with E-state index >= 15 is 0 Å². The van der Waals surface area contributed by atoms with Crippen molar-refractivity contribution in [3.63, 3.8) is 0 Å². The first kappa shape index (κ1) is 14.9. The van der Waals surface area contributed by atoms with Gasteiger partial charge in [0.05, 0.1) is 12.6 Å². The molecule has 0 bridgehead atoms. The van der Waals surface area contributed by atoms with E-state index in [9.17, 15) is 9.18 Å². The Morgan fingerprint density at radius 2 is 2.31 bits per heavy atom. The number of aryl methyl sites for hydroxylation is 1. The predicted molar refractivity (Wildman–Crippen MR) is 61.1 cm³/mol. The van der Waals surface area contributed by atoms with Gasteiger partial charge in [0.1, 0.15) is 0 Å². The maximum Gasteiger partial charge on any atom is 0.342 e. The van der Waals surface area contributed by atoms with E-state index in [4.69, 9.17) is 5.73 Å². The number of hydrogen-bond acceptors (Lipinski definition) is 3. The summed E-state index contributed by atoms with van der Waals surface area (Å²) in [5, 5.41) is 0. The molecule has 16 heavy (non-hydrogen) atoms. The van der Waals surface area contributed by atoms with Crippen molar-refractivity contribution in [1.82, 2.24) is 4.57 Å². The van der Waals surface area contributed by atoms with Gasteiger partial charge in [0.2, 0.25) is 6.17 Å². The van der Waals surface area contributed by atoms with Crippen LogP contribution in [-0.2, 0) is 16.6 Å². The highest BCUT2D eigenvalue weighted by Gasteiger charge is 2.28. The molecule has 0 aliphatic rings. The Morgan fingerprint density at radius 1 is 1.69 bits per heavy atom. The van der Waals surface area contributed by atoms with Crippen molar-refractivity contribution in [2.75, 3.05) is 6.61 Å². The molecule has 1 unspecified atom stereocenters. The fourth-order valence-corrected chi connectivity index (χ4v) is 1.34. The highest BCUT2D eigenvalue weighted by Crippen LogP contribution is 2.17. The second-order valence-electron chi connectivity index (χ2n) is 3.22. The maximum atomic E-state index is 13.5. The molecule has 6 heteroatoms. The van der Waals surface area contributed by atoms with Crippen molar-refractivity contribution in [3.8, 4) is 0 Å². The molecule has 0 saturated heterocycles. The first-order valence-electron chi connectivity index (χ1n) is 4.75. The van der Waals surface area contributed by atoms with E-state index in [0.29, 0.717) is 5.69 Å². The summed E-state index contributed by atoms with van der Waals surface area (Å²) in [6, 6.07) is 2.44. The van der Waals surface area contributed by atoms with Crippen LogP contribution in [0.1, 0.15) is 18.7 Å². The van der Waals surface area contributed by atoms with Gasteiger partial charge >= 0.3 is 5.97 Å². The molecule has 0 amide bonds. The van der Waals surface area contributed by atoms with Crippen LogP contribution in [0.2, 0.25) is 0 Å². The lowest BCUT2D eigenvalue weighted by Crippen LogP contribution is -2.32. The summed E-state index contributed by atoms with van der Waals surface area (Å²) in [4.78, 5) is 11.1. The molecule has 92 valence electrons. The van der Waals surface area contributed by atoms with E-state index in [2.05, 4.69) is 4.74 Å². The van der Waals surface area contributed by atoms with Crippen molar-refractivity contribution in [1.29, 1.82) is 0 Å². The number of alkyl halides is 1. The molecule has 0 aliphatic heterocycles. The van der Waals surface area contributed by atoms with Gasteiger partial charge in [-0.2, -0.15) is 0 Å². The minimum atomic E-state index is -1.82. The Morgan fingerprint density at radius 3 is 2.75 bits per heavy atom. The van der Waals surface area contributed by atoms with Gasteiger partial charge in [-0.3, -0.25) is 0 Å². The summed E-state index contributed by atoms with van der Waals surface area (Å²) >= 11 is 0. The van der Waals surface area contributed by atoms with Gasteiger partial charge in [0.25, 0.3) is 0 Å². The fourth-order valence-electron chi connectivity index (χ4n) is 1.34. The standard InChI is InChI=1S/C10H15FN2O2.ClH/c1-3-15-10(14)8(11)9(12)7-5-4-6-13(7)2;/h4-6,8-9H,3,12H2,1-2H3;1H/t8?,9-;/m0./s1. The second-order valence-corrected chi connectivity index (χ2v) is 3.22. The van der Waals surface area contributed by atoms with Gasteiger partial charge < -0.3 is 15.0 Å². The quantitative estimate of drug-likeness (QED) is 0.821. The number of nitrogens with two attached hydrogens (primary N) is 1. The van der Waals surface area contributed by atoms with E-state index in [1.165, 1.54) is 0 Å². The van der Waals surface area contributed by atoms with Crippen LogP contribution in [0.25, 0.3) is 0 Å². The van der Waals surface area contributed by atoms with E-state index in [0.717, 1.165) is 0 Å². The molecule has 0 spiro atoms. The zero-order chi connectivity index (χ0) is 11.4. The number of halogens is 2. The normalized spacial score (nSPS) is 13.8. The zero-order valence-corrected chi connectivity index (χ0v) is 10.0. The van der Waals surface area contributed by atoms with E-state index < -0.39 is 18.2 Å². The van der Waals surface area contributed by atoms with Crippen molar-refractivity contribution in [3.05, 3.63) is 24.0 Å². The van der Waals surface area contributed by atoms with Gasteiger partial charge in [-0.25, -0.2) is 9.18 Å². The third kappa shape index (κ3) is 3.21. The number of aromatic nitrogens is 1. The second kappa shape index (κ2) is 6.50. The van der Waals surface area contributed by atoms with Crippen LogP contribution in [0.15, 0.2) is 18.3 Å². The molecule has 0 fully saturated rings. The first-order valence-corrected chi connectivity index (χ1v) is 4.75. The number of hydrogen-bond donors (Lipinski definition) is 1. The molecule has 1 rings (SSSR count). The Bertz CT molecular complexity index is 343.